The average molecular weight is 314 g/mol. The fourth-order valence-electron chi connectivity index (χ4n) is 2.10. The highest BCUT2D eigenvalue weighted by Gasteiger charge is 2.25. The van der Waals surface area contributed by atoms with E-state index in [1.807, 2.05) is 6.92 Å². The van der Waals surface area contributed by atoms with Gasteiger partial charge in [-0.3, -0.25) is 4.72 Å². The minimum Gasteiger partial charge on any atom is -0.478 e. The number of carboxylic acids is 1. The zero-order valence-corrected chi connectivity index (χ0v) is 12.5. The fourth-order valence-corrected chi connectivity index (χ4v) is 3.33. The van der Waals surface area contributed by atoms with Crippen molar-refractivity contribution in [3.63, 3.8) is 0 Å². The Kier molecular flexibility index (Phi) is 4.81. The van der Waals surface area contributed by atoms with Crippen LogP contribution in [0.15, 0.2) is 18.2 Å². The number of nitrogens with one attached hydrogen (secondary N) is 1. The van der Waals surface area contributed by atoms with Crippen LogP contribution < -0.4 is 4.72 Å². The molecule has 1 aromatic rings. The van der Waals surface area contributed by atoms with Gasteiger partial charge >= 0.3 is 16.2 Å². The van der Waals surface area contributed by atoms with Gasteiger partial charge in [-0.2, -0.15) is 12.7 Å². The van der Waals surface area contributed by atoms with Crippen LogP contribution in [0.4, 0.5) is 5.69 Å². The summed E-state index contributed by atoms with van der Waals surface area (Å²) in [7, 11) is -3.70. The minimum absolute atomic E-state index is 0.0480. The Bertz CT molecular complexity index is 623. The predicted molar refractivity (Wildman–Crippen MR) is 77.7 cm³/mol. The molecular formula is C13H18N2O5S. The van der Waals surface area contributed by atoms with Gasteiger partial charge in [0.25, 0.3) is 0 Å². The van der Waals surface area contributed by atoms with E-state index in [1.54, 1.807) is 6.07 Å². The summed E-state index contributed by atoms with van der Waals surface area (Å²) in [5.41, 5.74) is 1.10. The van der Waals surface area contributed by atoms with Gasteiger partial charge in [-0.1, -0.05) is 13.0 Å². The van der Waals surface area contributed by atoms with E-state index in [-0.39, 0.29) is 18.7 Å². The third-order valence-corrected chi connectivity index (χ3v) is 4.81. The average Bonchev–Trinajstić information content (AvgIpc) is 2.47. The van der Waals surface area contributed by atoms with Crippen molar-refractivity contribution in [1.82, 2.24) is 4.31 Å². The molecule has 1 fully saturated rings. The fraction of sp³-hybridized carbons (Fsp3) is 0.462. The summed E-state index contributed by atoms with van der Waals surface area (Å²) < 4.78 is 33.5. The number of hydrogen-bond donors (Lipinski definition) is 2. The summed E-state index contributed by atoms with van der Waals surface area (Å²) in [5.74, 6) is -1.09. The minimum atomic E-state index is -3.70. The smallest absolute Gasteiger partial charge is 0.335 e. The van der Waals surface area contributed by atoms with Crippen LogP contribution in [0, 0.1) is 0 Å². The molecule has 116 valence electrons. The molecule has 1 aromatic carbocycles. The first-order chi connectivity index (χ1) is 9.94. The first-order valence-corrected chi connectivity index (χ1v) is 8.10. The number of morpholine rings is 1. The highest BCUT2D eigenvalue weighted by atomic mass is 32.2. The second kappa shape index (κ2) is 6.42. The van der Waals surface area contributed by atoms with E-state index in [2.05, 4.69) is 4.72 Å². The molecule has 0 amide bonds. The molecule has 1 aliphatic rings. The van der Waals surface area contributed by atoms with Crippen molar-refractivity contribution >= 4 is 21.9 Å². The predicted octanol–water partition coefficient (Wildman–Crippen LogP) is 0.936. The van der Waals surface area contributed by atoms with Gasteiger partial charge in [0.2, 0.25) is 0 Å². The molecular weight excluding hydrogens is 296 g/mol. The lowest BCUT2D eigenvalue weighted by molar-refractivity contribution is 0.0697. The Balaban J connectivity index is 2.28. The number of anilines is 1. The Morgan fingerprint density at radius 2 is 2.05 bits per heavy atom. The zero-order valence-electron chi connectivity index (χ0n) is 11.7. The lowest BCUT2D eigenvalue weighted by atomic mass is 10.1. The molecule has 0 unspecified atom stereocenters. The molecule has 8 heteroatoms. The van der Waals surface area contributed by atoms with E-state index in [0.29, 0.717) is 25.3 Å². The lowest BCUT2D eigenvalue weighted by Crippen LogP contribution is -2.43. The number of rotatable bonds is 5. The number of carboxylic acid groups (broad SMARTS) is 1. The van der Waals surface area contributed by atoms with Gasteiger partial charge in [0.1, 0.15) is 0 Å². The number of aromatic carboxylic acids is 1. The molecule has 0 aromatic heterocycles. The van der Waals surface area contributed by atoms with Crippen LogP contribution in [0.2, 0.25) is 0 Å². The normalized spacial score (nSPS) is 16.6. The van der Waals surface area contributed by atoms with E-state index in [9.17, 15) is 13.2 Å². The van der Waals surface area contributed by atoms with Gasteiger partial charge < -0.3 is 9.84 Å². The van der Waals surface area contributed by atoms with Crippen molar-refractivity contribution in [3.05, 3.63) is 29.3 Å². The highest BCUT2D eigenvalue weighted by molar-refractivity contribution is 7.90. The number of hydrogen-bond acceptors (Lipinski definition) is 4. The van der Waals surface area contributed by atoms with E-state index < -0.39 is 16.2 Å². The largest absolute Gasteiger partial charge is 0.478 e. The first kappa shape index (κ1) is 15.7. The second-order valence-electron chi connectivity index (χ2n) is 4.65. The van der Waals surface area contributed by atoms with Gasteiger partial charge in [0.15, 0.2) is 0 Å². The van der Waals surface area contributed by atoms with Crippen LogP contribution in [0.1, 0.15) is 22.8 Å². The number of carbonyl (C=O) groups is 1. The summed E-state index contributed by atoms with van der Waals surface area (Å²) in [6.07, 6.45) is 0.598. The standard InChI is InChI=1S/C13H18N2O5S/c1-2-10-3-4-11(13(16)17)9-12(10)14-21(18,19)15-5-7-20-8-6-15/h3-4,9,14H,2,5-8H2,1H3,(H,16,17). The van der Waals surface area contributed by atoms with Crippen molar-refractivity contribution in [1.29, 1.82) is 0 Å². The molecule has 0 bridgehead atoms. The quantitative estimate of drug-likeness (QED) is 0.843. The summed E-state index contributed by atoms with van der Waals surface area (Å²) in [5, 5.41) is 9.02. The monoisotopic (exact) mass is 314 g/mol. The Hall–Kier alpha value is -1.64. The summed E-state index contributed by atoms with van der Waals surface area (Å²) in [6, 6.07) is 4.44. The van der Waals surface area contributed by atoms with Crippen molar-refractivity contribution < 1.29 is 23.1 Å². The topological polar surface area (TPSA) is 95.9 Å². The maximum atomic E-state index is 12.3. The Labute approximate surface area is 123 Å². The van der Waals surface area contributed by atoms with Crippen LogP contribution in [-0.4, -0.2) is 50.1 Å². The van der Waals surface area contributed by atoms with E-state index in [0.717, 1.165) is 5.56 Å². The summed E-state index contributed by atoms with van der Waals surface area (Å²) >= 11 is 0. The van der Waals surface area contributed by atoms with E-state index in [4.69, 9.17) is 9.84 Å². The van der Waals surface area contributed by atoms with Crippen LogP contribution >= 0.6 is 0 Å². The molecule has 1 saturated heterocycles. The number of ether oxygens (including phenoxy) is 1. The molecule has 1 aliphatic heterocycles. The molecule has 0 aliphatic carbocycles. The third kappa shape index (κ3) is 3.72. The van der Waals surface area contributed by atoms with Crippen molar-refractivity contribution in [3.8, 4) is 0 Å². The van der Waals surface area contributed by atoms with Gasteiger partial charge in [0, 0.05) is 13.1 Å². The van der Waals surface area contributed by atoms with Gasteiger partial charge in [-0.05, 0) is 24.1 Å². The third-order valence-electron chi connectivity index (χ3n) is 3.29. The zero-order chi connectivity index (χ0) is 15.5. The molecule has 1 heterocycles. The van der Waals surface area contributed by atoms with E-state index >= 15 is 0 Å². The van der Waals surface area contributed by atoms with Crippen molar-refractivity contribution in [2.45, 2.75) is 13.3 Å². The molecule has 2 rings (SSSR count). The lowest BCUT2D eigenvalue weighted by Gasteiger charge is -2.26. The maximum Gasteiger partial charge on any atom is 0.335 e. The van der Waals surface area contributed by atoms with Crippen LogP contribution in [0.3, 0.4) is 0 Å². The Morgan fingerprint density at radius 1 is 1.38 bits per heavy atom. The number of aryl methyl sites for hydroxylation is 1. The van der Waals surface area contributed by atoms with Crippen LogP contribution in [0.25, 0.3) is 0 Å². The molecule has 0 spiro atoms. The molecule has 0 atom stereocenters. The molecule has 2 N–H and O–H groups in total. The van der Waals surface area contributed by atoms with E-state index in [1.165, 1.54) is 16.4 Å². The molecule has 0 saturated carbocycles. The summed E-state index contributed by atoms with van der Waals surface area (Å²) in [4.78, 5) is 11.0. The number of nitrogens with zero attached hydrogens (tertiary/aromatic N) is 1. The second-order valence-corrected chi connectivity index (χ2v) is 6.32. The van der Waals surface area contributed by atoms with Crippen LogP contribution in [-0.2, 0) is 21.4 Å². The number of benzene rings is 1. The molecule has 21 heavy (non-hydrogen) atoms. The van der Waals surface area contributed by atoms with Gasteiger partial charge in [0.05, 0.1) is 24.5 Å². The Morgan fingerprint density at radius 3 is 2.62 bits per heavy atom. The van der Waals surface area contributed by atoms with Gasteiger partial charge in [-0.25, -0.2) is 4.79 Å². The SMILES string of the molecule is CCc1ccc(C(=O)O)cc1NS(=O)(=O)N1CCOCC1. The summed E-state index contributed by atoms with van der Waals surface area (Å²) in [6.45, 7) is 3.17. The van der Waals surface area contributed by atoms with Gasteiger partial charge in [-0.15, -0.1) is 0 Å². The first-order valence-electron chi connectivity index (χ1n) is 6.66. The molecule has 7 nitrogen and oxygen atoms in total. The van der Waals surface area contributed by atoms with Crippen LogP contribution in [0.5, 0.6) is 0 Å². The molecule has 0 radical (unpaired) electrons. The van der Waals surface area contributed by atoms with Crippen molar-refractivity contribution in [2.24, 2.45) is 0 Å². The highest BCUT2D eigenvalue weighted by Crippen LogP contribution is 2.21. The maximum absolute atomic E-state index is 12.3. The van der Waals surface area contributed by atoms with Crippen molar-refractivity contribution in [2.75, 3.05) is 31.0 Å².